The van der Waals surface area contributed by atoms with Gasteiger partial charge in [0.15, 0.2) is 0 Å². The van der Waals surface area contributed by atoms with Crippen molar-refractivity contribution in [2.24, 2.45) is 0 Å². The first kappa shape index (κ1) is 18.9. The highest BCUT2D eigenvalue weighted by molar-refractivity contribution is 7.72. The molecule has 0 aliphatic carbocycles. The van der Waals surface area contributed by atoms with Gasteiger partial charge in [-0.2, -0.15) is 39.5 Å². The van der Waals surface area contributed by atoms with Crippen molar-refractivity contribution in [1.82, 2.24) is 0 Å². The number of hydrogen-bond acceptors (Lipinski definition) is 1. The van der Waals surface area contributed by atoms with E-state index in [0.717, 1.165) is 0 Å². The molecule has 134 valence electrons. The second-order valence-electron chi connectivity index (χ2n) is 5.14. The summed E-state index contributed by atoms with van der Waals surface area (Å²) in [6.45, 7) is 0. The lowest BCUT2D eigenvalue weighted by Crippen LogP contribution is -2.26. The first-order chi connectivity index (χ1) is 10.7. The van der Waals surface area contributed by atoms with Gasteiger partial charge in [-0.05, 0) is 12.1 Å². The van der Waals surface area contributed by atoms with Crippen LogP contribution in [0, 0.1) is 0 Å². The molecule has 1 aliphatic heterocycles. The molecule has 1 aromatic rings. The Morgan fingerprint density at radius 2 is 1.08 bits per heavy atom. The Labute approximate surface area is 129 Å². The number of alkyl halides is 9. The highest BCUT2D eigenvalue weighted by Crippen LogP contribution is 2.52. The Balaban J connectivity index is 2.88. The second kappa shape index (κ2) is 5.54. The first-order valence-electron chi connectivity index (χ1n) is 6.29. The molecule has 0 unspecified atom stereocenters. The summed E-state index contributed by atoms with van der Waals surface area (Å²) in [5.74, 6) is 0. The largest absolute Gasteiger partial charge is 0.417 e. The van der Waals surface area contributed by atoms with E-state index < -0.39 is 47.7 Å². The van der Waals surface area contributed by atoms with Crippen molar-refractivity contribution in [2.45, 2.75) is 18.5 Å². The van der Waals surface area contributed by atoms with Crippen LogP contribution in [0.15, 0.2) is 24.3 Å². The summed E-state index contributed by atoms with van der Waals surface area (Å²) >= 11 is 0. The van der Waals surface area contributed by atoms with E-state index in [4.69, 9.17) is 0 Å². The van der Waals surface area contributed by atoms with Crippen LogP contribution in [-0.4, -0.2) is 12.3 Å². The third kappa shape index (κ3) is 3.48. The van der Waals surface area contributed by atoms with E-state index in [-0.39, 0.29) is 24.5 Å². The number of benzene rings is 1. The van der Waals surface area contributed by atoms with E-state index >= 15 is 0 Å². The van der Waals surface area contributed by atoms with Crippen molar-refractivity contribution in [1.29, 1.82) is 0 Å². The summed E-state index contributed by atoms with van der Waals surface area (Å²) < 4.78 is 129. The van der Waals surface area contributed by atoms with Crippen molar-refractivity contribution in [2.75, 3.05) is 12.3 Å². The average molecular weight is 382 g/mol. The quantitative estimate of drug-likeness (QED) is 0.366. The van der Waals surface area contributed by atoms with Gasteiger partial charge in [0.25, 0.3) is 0 Å². The Morgan fingerprint density at radius 1 is 0.708 bits per heavy atom. The fraction of sp³-hybridized carbons (Fsp3) is 0.385. The van der Waals surface area contributed by atoms with Gasteiger partial charge in [0.1, 0.15) is 7.14 Å². The predicted molar refractivity (Wildman–Crippen MR) is 67.6 cm³/mol. The monoisotopic (exact) mass is 382 g/mol. The Kier molecular flexibility index (Phi) is 4.36. The minimum Gasteiger partial charge on any atom is -0.318 e. The van der Waals surface area contributed by atoms with Gasteiger partial charge < -0.3 is 4.57 Å². The molecule has 0 radical (unpaired) electrons. The first-order valence-corrected chi connectivity index (χ1v) is 8.37. The topological polar surface area (TPSA) is 17.1 Å². The van der Waals surface area contributed by atoms with Gasteiger partial charge >= 0.3 is 18.5 Å². The molecule has 0 fully saturated rings. The molecule has 2 rings (SSSR count). The zero-order valence-corrected chi connectivity index (χ0v) is 12.4. The maximum Gasteiger partial charge on any atom is 0.417 e. The molecular formula is C13H8F9OP. The molecule has 24 heavy (non-hydrogen) atoms. The third-order valence-electron chi connectivity index (χ3n) is 3.46. The average Bonchev–Trinajstić information content (AvgIpc) is 2.82. The zero-order chi connectivity index (χ0) is 18.6. The molecule has 0 N–H and O–H groups in total. The third-order valence-corrected chi connectivity index (χ3v) is 6.26. The number of rotatable bonds is 1. The predicted octanol–water partition coefficient (Wildman–Crippen LogP) is 5.30. The molecule has 1 heterocycles. The number of allylic oxidation sites excluding steroid dienone is 2. The van der Waals surface area contributed by atoms with Crippen LogP contribution in [0.2, 0.25) is 0 Å². The molecule has 1 nitrogen and oxygen atoms in total. The van der Waals surface area contributed by atoms with Gasteiger partial charge in [0.05, 0.1) is 16.7 Å². The van der Waals surface area contributed by atoms with Gasteiger partial charge in [0.2, 0.25) is 0 Å². The second-order valence-corrected chi connectivity index (χ2v) is 8.16. The maximum absolute atomic E-state index is 13.0. The van der Waals surface area contributed by atoms with E-state index in [1.807, 2.05) is 0 Å². The van der Waals surface area contributed by atoms with E-state index in [9.17, 15) is 44.1 Å². The molecule has 0 saturated heterocycles. The Bertz CT molecular complexity index is 677. The van der Waals surface area contributed by atoms with Crippen LogP contribution in [0.1, 0.15) is 16.7 Å². The minimum atomic E-state index is -5.88. The molecule has 0 saturated carbocycles. The molecule has 0 amide bonds. The summed E-state index contributed by atoms with van der Waals surface area (Å²) in [4.78, 5) is 0. The van der Waals surface area contributed by atoms with Crippen molar-refractivity contribution in [3.63, 3.8) is 0 Å². The summed E-state index contributed by atoms with van der Waals surface area (Å²) in [6.07, 6.45) is -15.2. The fourth-order valence-corrected chi connectivity index (χ4v) is 4.67. The highest BCUT2D eigenvalue weighted by atomic mass is 31.2. The Hall–Kier alpha value is -1.44. The minimum absolute atomic E-state index is 0.0775. The molecule has 1 aliphatic rings. The molecule has 1 aromatic carbocycles. The van der Waals surface area contributed by atoms with Crippen molar-refractivity contribution in [3.05, 3.63) is 41.0 Å². The van der Waals surface area contributed by atoms with Crippen LogP contribution in [0.25, 0.3) is 0 Å². The van der Waals surface area contributed by atoms with Gasteiger partial charge in [-0.1, -0.05) is 12.2 Å². The zero-order valence-electron chi connectivity index (χ0n) is 11.5. The fourth-order valence-electron chi connectivity index (χ4n) is 2.39. The maximum atomic E-state index is 13.0. The normalized spacial score (nSPS) is 18.2. The van der Waals surface area contributed by atoms with Gasteiger partial charge in [-0.3, -0.25) is 0 Å². The molecule has 11 heteroatoms. The van der Waals surface area contributed by atoms with Crippen molar-refractivity contribution in [3.8, 4) is 0 Å². The van der Waals surface area contributed by atoms with E-state index in [2.05, 4.69) is 0 Å². The van der Waals surface area contributed by atoms with Crippen LogP contribution >= 0.6 is 7.14 Å². The summed E-state index contributed by atoms with van der Waals surface area (Å²) in [6, 6.07) is -0.155. The van der Waals surface area contributed by atoms with Crippen LogP contribution < -0.4 is 5.30 Å². The molecule has 0 bridgehead atoms. The smallest absolute Gasteiger partial charge is 0.318 e. The SMILES string of the molecule is O=P1(c2cc(C(F)(F)F)c(C(F)(F)F)c(C(F)(F)F)c2)CC=CC1. The lowest BCUT2D eigenvalue weighted by molar-refractivity contribution is -0.174. The van der Waals surface area contributed by atoms with E-state index in [0.29, 0.717) is 0 Å². The van der Waals surface area contributed by atoms with Crippen molar-refractivity contribution >= 4 is 12.4 Å². The van der Waals surface area contributed by atoms with Crippen LogP contribution in [0.5, 0.6) is 0 Å². The molecule has 0 spiro atoms. The Morgan fingerprint density at radius 3 is 1.38 bits per heavy atom. The van der Waals surface area contributed by atoms with Crippen LogP contribution in [-0.2, 0) is 23.1 Å². The number of halogens is 9. The molecular weight excluding hydrogens is 374 g/mol. The molecule has 0 atom stereocenters. The molecule has 0 aromatic heterocycles. The van der Waals surface area contributed by atoms with Crippen LogP contribution in [0.3, 0.4) is 0 Å². The summed E-state index contributed by atoms with van der Waals surface area (Å²) in [5.41, 5.74) is -7.78. The highest BCUT2D eigenvalue weighted by Gasteiger charge is 2.51. The summed E-state index contributed by atoms with van der Waals surface area (Å²) in [7, 11) is -3.67. The van der Waals surface area contributed by atoms with Gasteiger partial charge in [0, 0.05) is 17.6 Å². The summed E-state index contributed by atoms with van der Waals surface area (Å²) in [5, 5.41) is -0.861. The van der Waals surface area contributed by atoms with E-state index in [1.165, 1.54) is 12.2 Å². The van der Waals surface area contributed by atoms with Gasteiger partial charge in [-0.15, -0.1) is 0 Å². The van der Waals surface area contributed by atoms with Crippen molar-refractivity contribution < 1.29 is 44.1 Å². The van der Waals surface area contributed by atoms with E-state index in [1.54, 1.807) is 0 Å². The lowest BCUT2D eigenvalue weighted by Gasteiger charge is -2.23. The van der Waals surface area contributed by atoms with Gasteiger partial charge in [-0.25, -0.2) is 0 Å². The van der Waals surface area contributed by atoms with Crippen LogP contribution in [0.4, 0.5) is 39.5 Å². The number of hydrogen-bond donors (Lipinski definition) is 0. The lowest BCUT2D eigenvalue weighted by atomic mass is 9.99. The standard InChI is InChI=1S/C13H8F9OP/c14-11(15,16)8-5-7(24(23)3-1-2-4-24)6-9(12(17,18)19)10(8)13(20,21)22/h1-2,5-6H,3-4H2.